The zero-order chi connectivity index (χ0) is 12.0. The van der Waals surface area contributed by atoms with Gasteiger partial charge < -0.3 is 4.90 Å². The first kappa shape index (κ1) is 13.7. The molecule has 0 N–H and O–H groups in total. The Balaban J connectivity index is 2.97. The highest BCUT2D eigenvalue weighted by molar-refractivity contribution is 6.30. The topological polar surface area (TPSA) is 3.24 Å². The molecule has 0 radical (unpaired) electrons. The number of nitrogens with zero attached hydrogens (tertiary/aromatic N) is 1. The Morgan fingerprint density at radius 1 is 1.12 bits per heavy atom. The summed E-state index contributed by atoms with van der Waals surface area (Å²) in [7, 11) is 0. The Labute approximate surface area is 108 Å². The summed E-state index contributed by atoms with van der Waals surface area (Å²) in [4.78, 5) is 2.38. The van der Waals surface area contributed by atoms with Crippen LogP contribution in [0.5, 0.6) is 0 Å². The maximum atomic E-state index is 5.98. The van der Waals surface area contributed by atoms with Gasteiger partial charge in [0.1, 0.15) is 0 Å². The number of hydrogen-bond acceptors (Lipinski definition) is 1. The molecular formula is C13H19Cl2N. The highest BCUT2D eigenvalue weighted by Gasteiger charge is 2.09. The van der Waals surface area contributed by atoms with Crippen molar-refractivity contribution in [2.45, 2.75) is 32.6 Å². The molecule has 0 unspecified atom stereocenters. The number of rotatable bonds is 6. The predicted octanol–water partition coefficient (Wildman–Crippen LogP) is 4.71. The molecule has 0 saturated carbocycles. The van der Waals surface area contributed by atoms with Crippen molar-refractivity contribution < 1.29 is 0 Å². The van der Waals surface area contributed by atoms with Crippen molar-refractivity contribution in [1.29, 1.82) is 0 Å². The zero-order valence-electron chi connectivity index (χ0n) is 9.97. The molecule has 0 heterocycles. The van der Waals surface area contributed by atoms with E-state index in [9.17, 15) is 0 Å². The van der Waals surface area contributed by atoms with Crippen LogP contribution in [0.1, 0.15) is 32.3 Å². The van der Waals surface area contributed by atoms with E-state index in [-0.39, 0.29) is 0 Å². The molecular weight excluding hydrogens is 241 g/mol. The van der Waals surface area contributed by atoms with Gasteiger partial charge in [0.25, 0.3) is 0 Å². The van der Waals surface area contributed by atoms with E-state index < -0.39 is 0 Å². The second kappa shape index (κ2) is 7.03. The van der Waals surface area contributed by atoms with Crippen molar-refractivity contribution >= 4 is 28.9 Å². The minimum absolute atomic E-state index is 0.514. The summed E-state index contributed by atoms with van der Waals surface area (Å²) in [5.41, 5.74) is 2.35. The molecule has 0 saturated heterocycles. The molecule has 0 aliphatic carbocycles. The van der Waals surface area contributed by atoms with Gasteiger partial charge in [-0.2, -0.15) is 0 Å². The minimum atomic E-state index is 0.514. The quantitative estimate of drug-likeness (QED) is 0.670. The van der Waals surface area contributed by atoms with Crippen LogP contribution >= 0.6 is 23.2 Å². The number of benzene rings is 1. The molecule has 1 aromatic carbocycles. The van der Waals surface area contributed by atoms with Gasteiger partial charge in [-0.3, -0.25) is 0 Å². The molecule has 0 fully saturated rings. The van der Waals surface area contributed by atoms with Crippen LogP contribution in [0.2, 0.25) is 5.02 Å². The summed E-state index contributed by atoms with van der Waals surface area (Å²) in [6.45, 7) is 6.52. The van der Waals surface area contributed by atoms with E-state index in [0.717, 1.165) is 36.5 Å². The van der Waals surface area contributed by atoms with Crippen LogP contribution in [0.3, 0.4) is 0 Å². The lowest BCUT2D eigenvalue weighted by Gasteiger charge is -2.26. The zero-order valence-corrected chi connectivity index (χ0v) is 11.5. The third-order valence-corrected chi connectivity index (χ3v) is 3.04. The molecule has 0 atom stereocenters. The van der Waals surface area contributed by atoms with E-state index in [0.29, 0.717) is 5.88 Å². The Bertz CT molecular complexity index is 320. The van der Waals surface area contributed by atoms with Gasteiger partial charge in [0, 0.05) is 29.7 Å². The number of hydrogen-bond donors (Lipinski definition) is 0. The molecule has 90 valence electrons. The van der Waals surface area contributed by atoms with E-state index in [1.807, 2.05) is 12.1 Å². The van der Waals surface area contributed by atoms with Crippen LogP contribution < -0.4 is 4.90 Å². The third kappa shape index (κ3) is 3.57. The molecule has 1 aromatic rings. The lowest BCUT2D eigenvalue weighted by Crippen LogP contribution is -2.25. The lowest BCUT2D eigenvalue weighted by molar-refractivity contribution is 0.742. The van der Waals surface area contributed by atoms with E-state index in [2.05, 4.69) is 24.8 Å². The Hall–Kier alpha value is -0.400. The Morgan fingerprint density at radius 2 is 1.75 bits per heavy atom. The highest BCUT2D eigenvalue weighted by atomic mass is 35.5. The van der Waals surface area contributed by atoms with E-state index >= 15 is 0 Å². The monoisotopic (exact) mass is 259 g/mol. The summed E-state index contributed by atoms with van der Waals surface area (Å²) >= 11 is 11.9. The van der Waals surface area contributed by atoms with Crippen LogP contribution in [0.4, 0.5) is 5.69 Å². The van der Waals surface area contributed by atoms with E-state index in [4.69, 9.17) is 23.2 Å². The van der Waals surface area contributed by atoms with Gasteiger partial charge >= 0.3 is 0 Å². The van der Waals surface area contributed by atoms with Crippen LogP contribution in [-0.4, -0.2) is 13.1 Å². The van der Waals surface area contributed by atoms with E-state index in [1.54, 1.807) is 0 Å². The maximum absolute atomic E-state index is 5.98. The van der Waals surface area contributed by atoms with Crippen molar-refractivity contribution in [3.05, 3.63) is 28.8 Å². The average molecular weight is 260 g/mol. The predicted molar refractivity (Wildman–Crippen MR) is 73.8 cm³/mol. The molecule has 0 bridgehead atoms. The van der Waals surface area contributed by atoms with Gasteiger partial charge in [0.15, 0.2) is 0 Å². The average Bonchev–Trinajstić information content (AvgIpc) is 2.28. The van der Waals surface area contributed by atoms with Crippen molar-refractivity contribution in [2.75, 3.05) is 18.0 Å². The fraction of sp³-hybridized carbons (Fsp3) is 0.538. The lowest BCUT2D eigenvalue weighted by atomic mass is 10.1. The molecule has 1 rings (SSSR count). The fourth-order valence-electron chi connectivity index (χ4n) is 1.86. The van der Waals surface area contributed by atoms with Crippen molar-refractivity contribution in [3.63, 3.8) is 0 Å². The first-order valence-electron chi connectivity index (χ1n) is 5.82. The van der Waals surface area contributed by atoms with Gasteiger partial charge in [0.05, 0.1) is 0 Å². The summed E-state index contributed by atoms with van der Waals surface area (Å²) in [6.07, 6.45) is 2.29. The third-order valence-electron chi connectivity index (χ3n) is 2.51. The molecule has 0 amide bonds. The van der Waals surface area contributed by atoms with E-state index in [1.165, 1.54) is 5.69 Å². The van der Waals surface area contributed by atoms with Crippen molar-refractivity contribution in [1.82, 2.24) is 0 Å². The standard InChI is InChI=1S/C13H19Cl2N/c1-3-7-16(8-4-2)13-6-5-12(15)9-11(13)10-14/h5-6,9H,3-4,7-8,10H2,1-2H3. The summed E-state index contributed by atoms with van der Waals surface area (Å²) < 4.78 is 0. The highest BCUT2D eigenvalue weighted by Crippen LogP contribution is 2.26. The minimum Gasteiger partial charge on any atom is -0.371 e. The molecule has 0 aromatic heterocycles. The number of alkyl halides is 1. The first-order valence-corrected chi connectivity index (χ1v) is 6.73. The van der Waals surface area contributed by atoms with Crippen LogP contribution in [0.25, 0.3) is 0 Å². The van der Waals surface area contributed by atoms with Crippen molar-refractivity contribution in [3.8, 4) is 0 Å². The van der Waals surface area contributed by atoms with Gasteiger partial charge in [0.2, 0.25) is 0 Å². The molecule has 0 aliphatic rings. The second-order valence-electron chi connectivity index (χ2n) is 3.89. The first-order chi connectivity index (χ1) is 7.72. The largest absolute Gasteiger partial charge is 0.371 e. The Kier molecular flexibility index (Phi) is 6.00. The SMILES string of the molecule is CCCN(CCC)c1ccc(Cl)cc1CCl. The van der Waals surface area contributed by atoms with Gasteiger partial charge in [-0.15, -0.1) is 11.6 Å². The van der Waals surface area contributed by atoms with Gasteiger partial charge in [-0.05, 0) is 36.6 Å². The summed E-state index contributed by atoms with van der Waals surface area (Å²) in [6, 6.07) is 5.97. The second-order valence-corrected chi connectivity index (χ2v) is 4.60. The van der Waals surface area contributed by atoms with Crippen LogP contribution in [-0.2, 0) is 5.88 Å². The normalized spacial score (nSPS) is 10.5. The number of anilines is 1. The van der Waals surface area contributed by atoms with Gasteiger partial charge in [-0.1, -0.05) is 25.4 Å². The number of halogens is 2. The maximum Gasteiger partial charge on any atom is 0.0495 e. The summed E-state index contributed by atoms with van der Waals surface area (Å²) in [5, 5.41) is 0.757. The van der Waals surface area contributed by atoms with Crippen LogP contribution in [0, 0.1) is 0 Å². The molecule has 0 aliphatic heterocycles. The molecule has 3 heteroatoms. The summed E-state index contributed by atoms with van der Waals surface area (Å²) in [5.74, 6) is 0.514. The fourth-order valence-corrected chi connectivity index (χ4v) is 2.27. The molecule has 1 nitrogen and oxygen atoms in total. The molecule has 0 spiro atoms. The smallest absolute Gasteiger partial charge is 0.0495 e. The van der Waals surface area contributed by atoms with Crippen molar-refractivity contribution in [2.24, 2.45) is 0 Å². The van der Waals surface area contributed by atoms with Crippen LogP contribution in [0.15, 0.2) is 18.2 Å². The molecule has 16 heavy (non-hydrogen) atoms. The Morgan fingerprint density at radius 3 is 2.25 bits per heavy atom. The van der Waals surface area contributed by atoms with Gasteiger partial charge in [-0.25, -0.2) is 0 Å².